The summed E-state index contributed by atoms with van der Waals surface area (Å²) in [5.74, 6) is 1.80. The summed E-state index contributed by atoms with van der Waals surface area (Å²) in [4.78, 5) is 4.36. The summed E-state index contributed by atoms with van der Waals surface area (Å²) in [6.07, 6.45) is 5.06. The topological polar surface area (TPSA) is 42.7 Å². The largest absolute Gasteiger partial charge is 0.314 e. The molecule has 0 aliphatic heterocycles. The molecule has 4 nitrogen and oxygen atoms in total. The van der Waals surface area contributed by atoms with E-state index in [-0.39, 0.29) is 0 Å². The van der Waals surface area contributed by atoms with Crippen LogP contribution in [0.4, 0.5) is 0 Å². The van der Waals surface area contributed by atoms with Gasteiger partial charge in [-0.2, -0.15) is 5.10 Å². The molecule has 0 amide bonds. The SMILES string of the molecule is CCNC(CCCc1ncnn1C(C)C)C(C)C. The van der Waals surface area contributed by atoms with Gasteiger partial charge in [0.15, 0.2) is 0 Å². The van der Waals surface area contributed by atoms with Gasteiger partial charge >= 0.3 is 0 Å². The predicted molar refractivity (Wildman–Crippen MR) is 75.6 cm³/mol. The Labute approximate surface area is 111 Å². The Hall–Kier alpha value is -0.900. The molecule has 1 aromatic heterocycles. The maximum absolute atomic E-state index is 4.36. The first-order valence-corrected chi connectivity index (χ1v) is 7.18. The molecule has 0 aliphatic rings. The molecule has 1 unspecified atom stereocenters. The van der Waals surface area contributed by atoms with E-state index in [1.165, 1.54) is 12.8 Å². The van der Waals surface area contributed by atoms with E-state index >= 15 is 0 Å². The van der Waals surface area contributed by atoms with Crippen LogP contribution in [-0.4, -0.2) is 27.4 Å². The van der Waals surface area contributed by atoms with E-state index in [2.05, 4.69) is 50.0 Å². The number of aryl methyl sites for hydroxylation is 1. The molecule has 1 heterocycles. The zero-order chi connectivity index (χ0) is 13.5. The van der Waals surface area contributed by atoms with Gasteiger partial charge in [-0.3, -0.25) is 0 Å². The fourth-order valence-electron chi connectivity index (χ4n) is 2.30. The van der Waals surface area contributed by atoms with E-state index in [4.69, 9.17) is 0 Å². The molecule has 1 rings (SSSR count). The fourth-order valence-corrected chi connectivity index (χ4v) is 2.30. The van der Waals surface area contributed by atoms with Gasteiger partial charge in [-0.15, -0.1) is 0 Å². The number of aromatic nitrogens is 3. The van der Waals surface area contributed by atoms with Crippen molar-refractivity contribution in [2.45, 2.75) is 66.0 Å². The van der Waals surface area contributed by atoms with Gasteiger partial charge in [0.2, 0.25) is 0 Å². The monoisotopic (exact) mass is 252 g/mol. The van der Waals surface area contributed by atoms with Crippen LogP contribution in [-0.2, 0) is 6.42 Å². The van der Waals surface area contributed by atoms with Gasteiger partial charge < -0.3 is 5.32 Å². The normalized spacial score (nSPS) is 13.5. The van der Waals surface area contributed by atoms with Crippen LogP contribution < -0.4 is 5.32 Å². The van der Waals surface area contributed by atoms with Gasteiger partial charge in [0.1, 0.15) is 12.2 Å². The average Bonchev–Trinajstić information content (AvgIpc) is 2.76. The van der Waals surface area contributed by atoms with Crippen molar-refractivity contribution in [1.29, 1.82) is 0 Å². The standard InChI is InChI=1S/C14H28N4/c1-6-15-13(11(2)3)8-7-9-14-16-10-17-18(14)12(4)5/h10-13,15H,6-9H2,1-5H3. The molecule has 0 saturated carbocycles. The quantitative estimate of drug-likeness (QED) is 0.773. The van der Waals surface area contributed by atoms with Gasteiger partial charge in [-0.05, 0) is 39.2 Å². The van der Waals surface area contributed by atoms with E-state index in [1.54, 1.807) is 6.33 Å². The van der Waals surface area contributed by atoms with Crippen molar-refractivity contribution in [2.24, 2.45) is 5.92 Å². The Balaban J connectivity index is 2.42. The summed E-state index contributed by atoms with van der Waals surface area (Å²) in [6, 6.07) is 1.02. The van der Waals surface area contributed by atoms with Crippen molar-refractivity contribution in [3.05, 3.63) is 12.2 Å². The Morgan fingerprint density at radius 3 is 2.56 bits per heavy atom. The lowest BCUT2D eigenvalue weighted by Crippen LogP contribution is -2.33. The number of nitrogens with one attached hydrogen (secondary N) is 1. The molecular formula is C14H28N4. The van der Waals surface area contributed by atoms with Crippen molar-refractivity contribution < 1.29 is 0 Å². The molecule has 0 aliphatic carbocycles. The molecule has 0 radical (unpaired) electrons. The molecule has 1 atom stereocenters. The Morgan fingerprint density at radius 1 is 1.28 bits per heavy atom. The van der Waals surface area contributed by atoms with E-state index < -0.39 is 0 Å². The summed E-state index contributed by atoms with van der Waals surface area (Å²) in [6.45, 7) is 12.1. The Kier molecular flexibility index (Phi) is 6.33. The van der Waals surface area contributed by atoms with Crippen molar-refractivity contribution in [3.8, 4) is 0 Å². The molecular weight excluding hydrogens is 224 g/mol. The van der Waals surface area contributed by atoms with Crippen molar-refractivity contribution in [3.63, 3.8) is 0 Å². The van der Waals surface area contributed by atoms with Crippen LogP contribution in [0.1, 0.15) is 59.3 Å². The fraction of sp³-hybridized carbons (Fsp3) is 0.857. The predicted octanol–water partition coefficient (Wildman–Crippen LogP) is 2.82. The lowest BCUT2D eigenvalue weighted by Gasteiger charge is -2.21. The number of rotatable bonds is 8. The van der Waals surface area contributed by atoms with E-state index in [0.717, 1.165) is 18.8 Å². The second kappa shape index (κ2) is 7.52. The van der Waals surface area contributed by atoms with Crippen molar-refractivity contribution in [2.75, 3.05) is 6.54 Å². The minimum Gasteiger partial charge on any atom is -0.314 e. The molecule has 0 fully saturated rings. The summed E-state index contributed by atoms with van der Waals surface area (Å²) in [7, 11) is 0. The molecule has 104 valence electrons. The third kappa shape index (κ3) is 4.41. The summed E-state index contributed by atoms with van der Waals surface area (Å²) in [5, 5.41) is 7.83. The van der Waals surface area contributed by atoms with Gasteiger partial charge in [0, 0.05) is 18.5 Å². The smallest absolute Gasteiger partial charge is 0.138 e. The highest BCUT2D eigenvalue weighted by Crippen LogP contribution is 2.12. The highest BCUT2D eigenvalue weighted by molar-refractivity contribution is 4.87. The first-order valence-electron chi connectivity index (χ1n) is 7.18. The van der Waals surface area contributed by atoms with Crippen LogP contribution >= 0.6 is 0 Å². The van der Waals surface area contributed by atoms with Gasteiger partial charge in [-0.25, -0.2) is 9.67 Å². The zero-order valence-corrected chi connectivity index (χ0v) is 12.5. The van der Waals surface area contributed by atoms with Crippen LogP contribution in [0.25, 0.3) is 0 Å². The maximum atomic E-state index is 4.36. The first-order chi connectivity index (χ1) is 8.56. The summed E-state index contributed by atoms with van der Waals surface area (Å²) >= 11 is 0. The Morgan fingerprint density at radius 2 is 2.00 bits per heavy atom. The lowest BCUT2D eigenvalue weighted by atomic mass is 9.98. The molecule has 0 aromatic carbocycles. The van der Waals surface area contributed by atoms with Crippen LogP contribution in [0.15, 0.2) is 6.33 Å². The van der Waals surface area contributed by atoms with Gasteiger partial charge in [0.25, 0.3) is 0 Å². The van der Waals surface area contributed by atoms with Crippen molar-refractivity contribution >= 4 is 0 Å². The molecule has 0 spiro atoms. The number of hydrogen-bond donors (Lipinski definition) is 1. The van der Waals surface area contributed by atoms with Gasteiger partial charge in [-0.1, -0.05) is 20.8 Å². The van der Waals surface area contributed by atoms with E-state index in [1.807, 2.05) is 4.68 Å². The molecule has 0 saturated heterocycles. The molecule has 0 bridgehead atoms. The van der Waals surface area contributed by atoms with Crippen LogP contribution in [0, 0.1) is 5.92 Å². The third-order valence-electron chi connectivity index (χ3n) is 3.32. The summed E-state index contributed by atoms with van der Waals surface area (Å²) in [5.41, 5.74) is 0. The summed E-state index contributed by atoms with van der Waals surface area (Å²) < 4.78 is 2.03. The minimum atomic E-state index is 0.400. The third-order valence-corrected chi connectivity index (χ3v) is 3.32. The maximum Gasteiger partial charge on any atom is 0.138 e. The first kappa shape index (κ1) is 15.2. The van der Waals surface area contributed by atoms with Crippen LogP contribution in [0.2, 0.25) is 0 Å². The molecule has 1 aromatic rings. The number of hydrogen-bond acceptors (Lipinski definition) is 3. The average molecular weight is 252 g/mol. The second-order valence-electron chi connectivity index (χ2n) is 5.52. The van der Waals surface area contributed by atoms with Crippen LogP contribution in [0.3, 0.4) is 0 Å². The highest BCUT2D eigenvalue weighted by Gasteiger charge is 2.13. The second-order valence-corrected chi connectivity index (χ2v) is 5.52. The molecule has 18 heavy (non-hydrogen) atoms. The van der Waals surface area contributed by atoms with Crippen LogP contribution in [0.5, 0.6) is 0 Å². The molecule has 4 heteroatoms. The van der Waals surface area contributed by atoms with Crippen molar-refractivity contribution in [1.82, 2.24) is 20.1 Å². The lowest BCUT2D eigenvalue weighted by molar-refractivity contribution is 0.373. The van der Waals surface area contributed by atoms with E-state index in [0.29, 0.717) is 18.0 Å². The number of nitrogens with zero attached hydrogens (tertiary/aromatic N) is 3. The molecule has 1 N–H and O–H groups in total. The Bertz CT molecular complexity index is 330. The van der Waals surface area contributed by atoms with E-state index in [9.17, 15) is 0 Å². The zero-order valence-electron chi connectivity index (χ0n) is 12.5. The van der Waals surface area contributed by atoms with Gasteiger partial charge in [0.05, 0.1) is 0 Å². The highest BCUT2D eigenvalue weighted by atomic mass is 15.3. The minimum absolute atomic E-state index is 0.400.